The molecule has 2 unspecified atom stereocenters. The molecule has 1 saturated heterocycles. The molecular formula is C18H21NO2. The lowest BCUT2D eigenvalue weighted by molar-refractivity contribution is 0.0673. The van der Waals surface area contributed by atoms with Crippen LogP contribution in [0, 0.1) is 0 Å². The molecule has 0 spiro atoms. The summed E-state index contributed by atoms with van der Waals surface area (Å²) in [5.41, 5.74) is 0.418. The van der Waals surface area contributed by atoms with Gasteiger partial charge in [-0.25, -0.2) is 0 Å². The number of likely N-dealkylation sites (tertiary alicyclic amines) is 1. The van der Waals surface area contributed by atoms with Crippen LogP contribution in [0.1, 0.15) is 43.5 Å². The average molecular weight is 283 g/mol. The van der Waals surface area contributed by atoms with Crippen molar-refractivity contribution in [1.82, 2.24) is 4.90 Å². The summed E-state index contributed by atoms with van der Waals surface area (Å²) >= 11 is 0. The molecule has 1 amide bonds. The Morgan fingerprint density at radius 3 is 2.57 bits per heavy atom. The molecule has 21 heavy (non-hydrogen) atoms. The van der Waals surface area contributed by atoms with E-state index < -0.39 is 0 Å². The zero-order chi connectivity index (χ0) is 15.0. The number of phenols is 1. The number of hydrogen-bond donors (Lipinski definition) is 1. The van der Waals surface area contributed by atoms with E-state index in [4.69, 9.17) is 0 Å². The van der Waals surface area contributed by atoms with Gasteiger partial charge in [-0.05, 0) is 49.1 Å². The van der Waals surface area contributed by atoms with E-state index in [0.29, 0.717) is 11.6 Å². The summed E-state index contributed by atoms with van der Waals surface area (Å²) in [6, 6.07) is 11.8. The van der Waals surface area contributed by atoms with E-state index in [1.165, 1.54) is 0 Å². The number of benzene rings is 2. The van der Waals surface area contributed by atoms with Crippen LogP contribution in [0.4, 0.5) is 0 Å². The maximum absolute atomic E-state index is 12.9. The van der Waals surface area contributed by atoms with Crippen molar-refractivity contribution >= 4 is 16.7 Å². The highest BCUT2D eigenvalue weighted by Gasteiger charge is 2.34. The van der Waals surface area contributed by atoms with Gasteiger partial charge in [0.25, 0.3) is 5.91 Å². The molecule has 2 aromatic carbocycles. The third-order valence-electron chi connectivity index (χ3n) is 4.59. The molecule has 3 rings (SSSR count). The lowest BCUT2D eigenvalue weighted by atomic mass is 10.0. The van der Waals surface area contributed by atoms with E-state index in [2.05, 4.69) is 13.8 Å². The topological polar surface area (TPSA) is 40.5 Å². The van der Waals surface area contributed by atoms with Gasteiger partial charge in [0.05, 0.1) is 5.56 Å². The van der Waals surface area contributed by atoms with Crippen molar-refractivity contribution in [3.63, 3.8) is 0 Å². The van der Waals surface area contributed by atoms with Crippen LogP contribution < -0.4 is 0 Å². The Bertz CT molecular complexity index is 680. The molecule has 1 fully saturated rings. The van der Waals surface area contributed by atoms with Crippen molar-refractivity contribution in [2.45, 2.75) is 45.2 Å². The summed E-state index contributed by atoms with van der Waals surface area (Å²) in [5, 5.41) is 12.2. The second kappa shape index (κ2) is 5.40. The van der Waals surface area contributed by atoms with E-state index >= 15 is 0 Å². The third-order valence-corrected chi connectivity index (χ3v) is 4.59. The number of fused-ring (bicyclic) bond motifs is 1. The molecule has 1 aliphatic heterocycles. The monoisotopic (exact) mass is 283 g/mol. The van der Waals surface area contributed by atoms with Crippen molar-refractivity contribution < 1.29 is 9.90 Å². The summed E-state index contributed by atoms with van der Waals surface area (Å²) in [5.74, 6) is 0.0303. The third kappa shape index (κ3) is 2.37. The molecule has 3 nitrogen and oxygen atoms in total. The quantitative estimate of drug-likeness (QED) is 0.906. The highest BCUT2D eigenvalue weighted by Crippen LogP contribution is 2.32. The summed E-state index contributed by atoms with van der Waals surface area (Å²) in [6.07, 6.45) is 3.06. The molecule has 1 heterocycles. The average Bonchev–Trinajstić information content (AvgIpc) is 2.86. The standard InChI is InChI=1S/C18H21NO2/c1-3-15-9-8-12(2)19(15)18(21)16-10-13-6-4-5-7-14(13)11-17(16)20/h4-7,10-12,15,20H,3,8-9H2,1-2H3. The van der Waals surface area contributed by atoms with Gasteiger partial charge >= 0.3 is 0 Å². The van der Waals surface area contributed by atoms with Crippen molar-refractivity contribution in [1.29, 1.82) is 0 Å². The molecule has 110 valence electrons. The second-order valence-electron chi connectivity index (χ2n) is 5.92. The van der Waals surface area contributed by atoms with Gasteiger partial charge in [0.2, 0.25) is 0 Å². The van der Waals surface area contributed by atoms with Crippen LogP contribution in [-0.4, -0.2) is 28.0 Å². The highest BCUT2D eigenvalue weighted by atomic mass is 16.3. The van der Waals surface area contributed by atoms with Gasteiger partial charge in [-0.1, -0.05) is 31.2 Å². The summed E-state index contributed by atoms with van der Waals surface area (Å²) in [4.78, 5) is 14.8. The van der Waals surface area contributed by atoms with Crippen LogP contribution in [0.5, 0.6) is 5.75 Å². The number of nitrogens with zero attached hydrogens (tertiary/aromatic N) is 1. The SMILES string of the molecule is CCC1CCC(C)N1C(=O)c1cc2ccccc2cc1O. The Hall–Kier alpha value is -2.03. The Morgan fingerprint density at radius 2 is 1.90 bits per heavy atom. The molecule has 0 aliphatic carbocycles. The smallest absolute Gasteiger partial charge is 0.258 e. The maximum atomic E-state index is 12.9. The first-order valence-electron chi connectivity index (χ1n) is 7.66. The molecule has 0 saturated carbocycles. The minimum absolute atomic E-state index is 0.0462. The van der Waals surface area contributed by atoms with Gasteiger partial charge in [-0.3, -0.25) is 4.79 Å². The summed E-state index contributed by atoms with van der Waals surface area (Å²) in [7, 11) is 0. The molecule has 2 aromatic rings. The van der Waals surface area contributed by atoms with Gasteiger partial charge in [-0.15, -0.1) is 0 Å². The van der Waals surface area contributed by atoms with Gasteiger partial charge < -0.3 is 10.0 Å². The van der Waals surface area contributed by atoms with Crippen molar-refractivity contribution in [2.75, 3.05) is 0 Å². The number of carbonyl (C=O) groups is 1. The Balaban J connectivity index is 2.03. The molecule has 2 atom stereocenters. The zero-order valence-corrected chi connectivity index (χ0v) is 12.5. The first kappa shape index (κ1) is 13.9. The number of rotatable bonds is 2. The number of amides is 1. The fourth-order valence-electron chi connectivity index (χ4n) is 3.38. The van der Waals surface area contributed by atoms with E-state index in [1.54, 1.807) is 6.07 Å². The normalized spacial score (nSPS) is 21.9. The van der Waals surface area contributed by atoms with Gasteiger partial charge in [0, 0.05) is 12.1 Å². The van der Waals surface area contributed by atoms with Crippen LogP contribution in [0.2, 0.25) is 0 Å². The first-order valence-corrected chi connectivity index (χ1v) is 7.66. The Kier molecular flexibility index (Phi) is 3.58. The lowest BCUT2D eigenvalue weighted by Crippen LogP contribution is -2.39. The van der Waals surface area contributed by atoms with E-state index in [0.717, 1.165) is 30.0 Å². The molecule has 1 aliphatic rings. The van der Waals surface area contributed by atoms with Crippen molar-refractivity contribution in [2.24, 2.45) is 0 Å². The van der Waals surface area contributed by atoms with Crippen LogP contribution in [-0.2, 0) is 0 Å². The zero-order valence-electron chi connectivity index (χ0n) is 12.5. The fourth-order valence-corrected chi connectivity index (χ4v) is 3.38. The molecule has 1 N–H and O–H groups in total. The number of carbonyl (C=O) groups excluding carboxylic acids is 1. The van der Waals surface area contributed by atoms with Crippen molar-refractivity contribution in [3.8, 4) is 5.75 Å². The summed E-state index contributed by atoms with van der Waals surface area (Å²) in [6.45, 7) is 4.20. The predicted octanol–water partition coefficient (Wildman–Crippen LogP) is 3.95. The van der Waals surface area contributed by atoms with Gasteiger partial charge in [0.1, 0.15) is 5.75 Å². The highest BCUT2D eigenvalue weighted by molar-refractivity contribution is 6.01. The maximum Gasteiger partial charge on any atom is 0.258 e. The molecular weight excluding hydrogens is 262 g/mol. The lowest BCUT2D eigenvalue weighted by Gasteiger charge is -2.28. The predicted molar refractivity (Wildman–Crippen MR) is 84.6 cm³/mol. The number of aromatic hydroxyl groups is 1. The second-order valence-corrected chi connectivity index (χ2v) is 5.92. The Labute approximate surface area is 125 Å². The molecule has 0 bridgehead atoms. The van der Waals surface area contributed by atoms with Gasteiger partial charge in [-0.2, -0.15) is 0 Å². The molecule has 3 heteroatoms. The minimum atomic E-state index is -0.0462. The van der Waals surface area contributed by atoms with Crippen LogP contribution in [0.15, 0.2) is 36.4 Å². The van der Waals surface area contributed by atoms with E-state index in [1.807, 2.05) is 35.2 Å². The minimum Gasteiger partial charge on any atom is -0.507 e. The van der Waals surface area contributed by atoms with Crippen LogP contribution >= 0.6 is 0 Å². The van der Waals surface area contributed by atoms with E-state index in [9.17, 15) is 9.90 Å². The number of hydrogen-bond acceptors (Lipinski definition) is 2. The van der Waals surface area contributed by atoms with Gasteiger partial charge in [0.15, 0.2) is 0 Å². The van der Waals surface area contributed by atoms with Crippen LogP contribution in [0.25, 0.3) is 10.8 Å². The Morgan fingerprint density at radius 1 is 1.24 bits per heavy atom. The summed E-state index contributed by atoms with van der Waals surface area (Å²) < 4.78 is 0. The van der Waals surface area contributed by atoms with E-state index in [-0.39, 0.29) is 17.7 Å². The molecule has 0 aromatic heterocycles. The van der Waals surface area contributed by atoms with Crippen molar-refractivity contribution in [3.05, 3.63) is 42.0 Å². The first-order chi connectivity index (χ1) is 10.1. The molecule has 0 radical (unpaired) electrons. The fraction of sp³-hybridized carbons (Fsp3) is 0.389. The number of phenolic OH excluding ortho intramolecular Hbond substituents is 1. The largest absolute Gasteiger partial charge is 0.507 e. The van der Waals surface area contributed by atoms with Crippen LogP contribution in [0.3, 0.4) is 0 Å².